The van der Waals surface area contributed by atoms with Crippen molar-refractivity contribution < 1.29 is 0 Å². The Morgan fingerprint density at radius 3 is 2.94 bits per heavy atom. The molecule has 5 heteroatoms. The van der Waals surface area contributed by atoms with Gasteiger partial charge in [-0.05, 0) is 12.3 Å². The molecule has 0 saturated heterocycles. The maximum Gasteiger partial charge on any atom is 0.165 e. The van der Waals surface area contributed by atoms with E-state index in [-0.39, 0.29) is 0 Å². The molecule has 0 radical (unpaired) electrons. The van der Waals surface area contributed by atoms with E-state index in [4.69, 9.17) is 5.73 Å². The number of fused-ring (bicyclic) bond motifs is 1. The number of anilines is 1. The van der Waals surface area contributed by atoms with Crippen molar-refractivity contribution in [2.75, 3.05) is 5.73 Å². The maximum atomic E-state index is 5.73. The average molecular weight is 219 g/mol. The molecule has 2 N–H and O–H groups in total. The molecule has 0 unspecified atom stereocenters. The molecule has 2 rings (SSSR count). The lowest BCUT2D eigenvalue weighted by Gasteiger charge is -2.10. The van der Waals surface area contributed by atoms with Crippen LogP contribution in [0.4, 0.5) is 5.82 Å². The van der Waals surface area contributed by atoms with E-state index in [0.29, 0.717) is 17.3 Å². The van der Waals surface area contributed by atoms with Crippen molar-refractivity contribution in [1.82, 2.24) is 19.5 Å². The van der Waals surface area contributed by atoms with Gasteiger partial charge in [0, 0.05) is 6.54 Å². The monoisotopic (exact) mass is 219 g/mol. The zero-order chi connectivity index (χ0) is 11.5. The van der Waals surface area contributed by atoms with Crippen LogP contribution in [0.3, 0.4) is 0 Å². The summed E-state index contributed by atoms with van der Waals surface area (Å²) >= 11 is 0. The summed E-state index contributed by atoms with van der Waals surface area (Å²) in [6, 6.07) is 0. The molecule has 0 amide bonds. The van der Waals surface area contributed by atoms with Crippen LogP contribution in [0.1, 0.15) is 26.7 Å². The van der Waals surface area contributed by atoms with Crippen molar-refractivity contribution in [3.63, 3.8) is 0 Å². The van der Waals surface area contributed by atoms with Crippen LogP contribution in [0.5, 0.6) is 0 Å². The molecule has 0 aliphatic rings. The standard InChI is InChI=1S/C11H17N5/c1-3-4-8(2)5-16-7-15-9-10(12)13-6-14-11(9)16/h6-8H,3-5H2,1-2H3,(H2,12,13,14)/t8-/m0/s1. The van der Waals surface area contributed by atoms with Crippen LogP contribution < -0.4 is 5.73 Å². The second-order valence-electron chi connectivity index (χ2n) is 4.22. The van der Waals surface area contributed by atoms with E-state index in [1.165, 1.54) is 19.2 Å². The first kappa shape index (κ1) is 10.9. The minimum Gasteiger partial charge on any atom is -0.382 e. The van der Waals surface area contributed by atoms with E-state index in [1.807, 2.05) is 4.57 Å². The van der Waals surface area contributed by atoms with E-state index in [9.17, 15) is 0 Å². The highest BCUT2D eigenvalue weighted by Gasteiger charge is 2.09. The van der Waals surface area contributed by atoms with Crippen LogP contribution in [-0.4, -0.2) is 19.5 Å². The Labute approximate surface area is 94.7 Å². The number of nitrogens with two attached hydrogens (primary N) is 1. The van der Waals surface area contributed by atoms with E-state index in [0.717, 1.165) is 12.2 Å². The molecule has 1 atom stereocenters. The lowest BCUT2D eigenvalue weighted by atomic mass is 10.1. The first-order chi connectivity index (χ1) is 7.72. The SMILES string of the molecule is CCC[C@H](C)Cn1cnc2c(N)ncnc21. The summed E-state index contributed by atoms with van der Waals surface area (Å²) in [6.07, 6.45) is 5.69. The molecule has 0 bridgehead atoms. The van der Waals surface area contributed by atoms with Gasteiger partial charge >= 0.3 is 0 Å². The summed E-state index contributed by atoms with van der Waals surface area (Å²) in [7, 11) is 0. The number of imidazole rings is 1. The summed E-state index contributed by atoms with van der Waals surface area (Å²) < 4.78 is 2.05. The predicted octanol–water partition coefficient (Wildman–Crippen LogP) is 1.84. The van der Waals surface area contributed by atoms with Gasteiger partial charge in [-0.3, -0.25) is 0 Å². The van der Waals surface area contributed by atoms with Gasteiger partial charge in [-0.15, -0.1) is 0 Å². The summed E-state index contributed by atoms with van der Waals surface area (Å²) in [4.78, 5) is 12.4. The normalized spacial score (nSPS) is 13.1. The molecule has 0 aliphatic heterocycles. The van der Waals surface area contributed by atoms with Crippen molar-refractivity contribution in [2.45, 2.75) is 33.2 Å². The smallest absolute Gasteiger partial charge is 0.165 e. The highest BCUT2D eigenvalue weighted by atomic mass is 15.1. The van der Waals surface area contributed by atoms with Crippen molar-refractivity contribution in [3.05, 3.63) is 12.7 Å². The van der Waals surface area contributed by atoms with E-state index < -0.39 is 0 Å². The van der Waals surface area contributed by atoms with Gasteiger partial charge in [-0.25, -0.2) is 15.0 Å². The van der Waals surface area contributed by atoms with Crippen LogP contribution in [0.25, 0.3) is 11.2 Å². The Bertz CT molecular complexity index is 476. The Hall–Kier alpha value is -1.65. The molecule has 2 aromatic rings. The van der Waals surface area contributed by atoms with Gasteiger partial charge in [0.25, 0.3) is 0 Å². The highest BCUT2D eigenvalue weighted by Crippen LogP contribution is 2.16. The van der Waals surface area contributed by atoms with Crippen molar-refractivity contribution in [1.29, 1.82) is 0 Å². The van der Waals surface area contributed by atoms with Crippen molar-refractivity contribution in [3.8, 4) is 0 Å². The quantitative estimate of drug-likeness (QED) is 0.851. The largest absolute Gasteiger partial charge is 0.382 e. The molecule has 2 heterocycles. The highest BCUT2D eigenvalue weighted by molar-refractivity contribution is 5.80. The van der Waals surface area contributed by atoms with Crippen molar-refractivity contribution in [2.24, 2.45) is 5.92 Å². The molecule has 2 aromatic heterocycles. The van der Waals surface area contributed by atoms with Gasteiger partial charge in [-0.2, -0.15) is 0 Å². The van der Waals surface area contributed by atoms with Gasteiger partial charge < -0.3 is 10.3 Å². The number of nitrogen functional groups attached to an aromatic ring is 1. The molecule has 0 saturated carbocycles. The Morgan fingerprint density at radius 2 is 2.19 bits per heavy atom. The number of rotatable bonds is 4. The molecule has 5 nitrogen and oxygen atoms in total. The van der Waals surface area contributed by atoms with E-state index in [1.54, 1.807) is 6.33 Å². The third-order valence-electron chi connectivity index (χ3n) is 2.72. The maximum absolute atomic E-state index is 5.73. The number of hydrogen-bond donors (Lipinski definition) is 1. The molecule has 0 fully saturated rings. The molecule has 86 valence electrons. The first-order valence-corrected chi connectivity index (χ1v) is 5.63. The Balaban J connectivity index is 2.28. The zero-order valence-corrected chi connectivity index (χ0v) is 9.72. The molecule has 0 spiro atoms. The lowest BCUT2D eigenvalue weighted by molar-refractivity contribution is 0.450. The molecular formula is C11H17N5. The second-order valence-corrected chi connectivity index (χ2v) is 4.22. The van der Waals surface area contributed by atoms with Crippen LogP contribution in [-0.2, 0) is 6.54 Å². The number of nitrogens with zero attached hydrogens (tertiary/aromatic N) is 4. The number of aromatic nitrogens is 4. The van der Waals surface area contributed by atoms with Crippen LogP contribution >= 0.6 is 0 Å². The summed E-state index contributed by atoms with van der Waals surface area (Å²) in [5, 5.41) is 0. The zero-order valence-electron chi connectivity index (χ0n) is 9.72. The van der Waals surface area contributed by atoms with Gasteiger partial charge in [0.15, 0.2) is 11.5 Å². The van der Waals surface area contributed by atoms with Gasteiger partial charge in [0.2, 0.25) is 0 Å². The summed E-state index contributed by atoms with van der Waals surface area (Å²) in [6.45, 7) is 5.36. The van der Waals surface area contributed by atoms with Gasteiger partial charge in [-0.1, -0.05) is 20.3 Å². The molecular weight excluding hydrogens is 202 g/mol. The van der Waals surface area contributed by atoms with Gasteiger partial charge in [0.05, 0.1) is 6.33 Å². The molecule has 0 aromatic carbocycles. The lowest BCUT2D eigenvalue weighted by Crippen LogP contribution is -2.07. The molecule has 0 aliphatic carbocycles. The fourth-order valence-corrected chi connectivity index (χ4v) is 1.95. The Kier molecular flexibility index (Phi) is 3.03. The summed E-state index contributed by atoms with van der Waals surface area (Å²) in [5.74, 6) is 1.07. The minimum absolute atomic E-state index is 0.451. The summed E-state index contributed by atoms with van der Waals surface area (Å²) in [5.41, 5.74) is 7.26. The topological polar surface area (TPSA) is 69.6 Å². The fraction of sp³-hybridized carbons (Fsp3) is 0.545. The predicted molar refractivity (Wildman–Crippen MR) is 63.8 cm³/mol. The average Bonchev–Trinajstić information content (AvgIpc) is 2.64. The van der Waals surface area contributed by atoms with Crippen molar-refractivity contribution >= 4 is 17.0 Å². The molecule has 16 heavy (non-hydrogen) atoms. The number of hydrogen-bond acceptors (Lipinski definition) is 4. The van der Waals surface area contributed by atoms with Crippen LogP contribution in [0.15, 0.2) is 12.7 Å². The minimum atomic E-state index is 0.451. The second kappa shape index (κ2) is 4.47. The van der Waals surface area contributed by atoms with Gasteiger partial charge in [0.1, 0.15) is 11.8 Å². The van der Waals surface area contributed by atoms with Crippen LogP contribution in [0, 0.1) is 5.92 Å². The van der Waals surface area contributed by atoms with E-state index in [2.05, 4.69) is 28.8 Å². The third kappa shape index (κ3) is 1.98. The van der Waals surface area contributed by atoms with Crippen LogP contribution in [0.2, 0.25) is 0 Å². The van der Waals surface area contributed by atoms with E-state index >= 15 is 0 Å². The third-order valence-corrected chi connectivity index (χ3v) is 2.72. The Morgan fingerprint density at radius 1 is 1.38 bits per heavy atom. The first-order valence-electron chi connectivity index (χ1n) is 5.63. The fourth-order valence-electron chi connectivity index (χ4n) is 1.95.